The summed E-state index contributed by atoms with van der Waals surface area (Å²) >= 11 is 1.33. The molecule has 6 rings (SSSR count). The summed E-state index contributed by atoms with van der Waals surface area (Å²) in [6.45, 7) is 4.84. The van der Waals surface area contributed by atoms with E-state index in [0.29, 0.717) is 23.6 Å². The molecule has 2 aromatic heterocycles. The molecule has 1 aromatic carbocycles. The maximum Gasteiger partial charge on any atom is 0.263 e. The number of rotatable bonds is 3. The van der Waals surface area contributed by atoms with Gasteiger partial charge in [0.25, 0.3) is 5.91 Å². The van der Waals surface area contributed by atoms with Crippen LogP contribution in [0.1, 0.15) is 33.8 Å². The molecule has 3 atom stereocenters. The average molecular weight is 480 g/mol. The number of hydrogen-bond acceptors (Lipinski definition) is 8. The van der Waals surface area contributed by atoms with Crippen LogP contribution in [0.5, 0.6) is 5.75 Å². The Morgan fingerprint density at radius 3 is 3.03 bits per heavy atom. The van der Waals surface area contributed by atoms with Crippen molar-refractivity contribution >= 4 is 38.8 Å². The molecule has 8 nitrogen and oxygen atoms in total. The van der Waals surface area contributed by atoms with Gasteiger partial charge in [-0.25, -0.2) is 4.98 Å². The van der Waals surface area contributed by atoms with Crippen LogP contribution < -0.4 is 26.4 Å². The first-order valence-electron chi connectivity index (χ1n) is 11.8. The van der Waals surface area contributed by atoms with Crippen molar-refractivity contribution in [3.8, 4) is 5.75 Å². The monoisotopic (exact) mass is 479 g/mol. The van der Waals surface area contributed by atoms with Gasteiger partial charge in [-0.2, -0.15) is 0 Å². The quantitative estimate of drug-likeness (QED) is 0.529. The molecule has 0 saturated carbocycles. The lowest BCUT2D eigenvalue weighted by atomic mass is 9.94. The predicted octanol–water partition coefficient (Wildman–Crippen LogP) is 2.62. The molecule has 34 heavy (non-hydrogen) atoms. The number of benzene rings is 1. The Kier molecular flexibility index (Phi) is 5.16. The smallest absolute Gasteiger partial charge is 0.263 e. The Morgan fingerprint density at radius 2 is 2.21 bits per heavy atom. The van der Waals surface area contributed by atoms with Gasteiger partial charge in [-0.1, -0.05) is 6.07 Å². The summed E-state index contributed by atoms with van der Waals surface area (Å²) in [5.41, 5.74) is 16.0. The fraction of sp³-hybridized carbons (Fsp3) is 0.440. The van der Waals surface area contributed by atoms with E-state index in [9.17, 15) is 4.79 Å². The van der Waals surface area contributed by atoms with Crippen molar-refractivity contribution in [2.75, 3.05) is 36.9 Å². The Bertz CT molecular complexity index is 1280. The van der Waals surface area contributed by atoms with Crippen molar-refractivity contribution in [3.05, 3.63) is 46.5 Å². The zero-order valence-electron chi connectivity index (χ0n) is 19.2. The summed E-state index contributed by atoms with van der Waals surface area (Å²) in [6, 6.07) is 10.1. The molecule has 3 aliphatic rings. The SMILES string of the molecule is Cc1ccc2c(N)c(C(=O)N[C@H]3COc4cc(N5CC[C@]6(C5)OCC[C@H]6N)ccc4C3)sc2n1. The summed E-state index contributed by atoms with van der Waals surface area (Å²) in [6.07, 6.45) is 2.59. The number of nitrogens with zero attached hydrogens (tertiary/aromatic N) is 2. The fourth-order valence-electron chi connectivity index (χ4n) is 5.37. The van der Waals surface area contributed by atoms with Gasteiger partial charge in [0, 0.05) is 48.6 Å². The summed E-state index contributed by atoms with van der Waals surface area (Å²) in [5.74, 6) is 0.698. The number of carbonyl (C=O) groups is 1. The summed E-state index contributed by atoms with van der Waals surface area (Å²) in [7, 11) is 0. The summed E-state index contributed by atoms with van der Waals surface area (Å²) in [4.78, 5) is 21.1. The van der Waals surface area contributed by atoms with Crippen LogP contribution in [0.25, 0.3) is 10.2 Å². The first kappa shape index (κ1) is 21.6. The van der Waals surface area contributed by atoms with E-state index < -0.39 is 0 Å². The van der Waals surface area contributed by atoms with Crippen LogP contribution in [0.3, 0.4) is 0 Å². The van der Waals surface area contributed by atoms with Gasteiger partial charge in [-0.05, 0) is 49.9 Å². The molecule has 0 aliphatic carbocycles. The van der Waals surface area contributed by atoms with E-state index in [0.717, 1.165) is 65.4 Å². The number of hydrogen-bond donors (Lipinski definition) is 3. The maximum atomic E-state index is 13.0. The zero-order chi connectivity index (χ0) is 23.4. The predicted molar refractivity (Wildman–Crippen MR) is 134 cm³/mol. The number of nitrogens with two attached hydrogens (primary N) is 2. The van der Waals surface area contributed by atoms with Crippen LogP contribution in [0.15, 0.2) is 30.3 Å². The minimum atomic E-state index is -0.213. The number of pyridine rings is 1. The number of anilines is 2. The van der Waals surface area contributed by atoms with Crippen molar-refractivity contribution in [1.29, 1.82) is 0 Å². The lowest BCUT2D eigenvalue weighted by Crippen LogP contribution is -2.47. The highest BCUT2D eigenvalue weighted by Crippen LogP contribution is 2.38. The molecule has 0 unspecified atom stereocenters. The van der Waals surface area contributed by atoms with Crippen LogP contribution in [-0.4, -0.2) is 54.9 Å². The molecule has 1 spiro atoms. The molecule has 9 heteroatoms. The number of nitrogen functional groups attached to an aromatic ring is 1. The van der Waals surface area contributed by atoms with E-state index in [2.05, 4.69) is 33.4 Å². The summed E-state index contributed by atoms with van der Waals surface area (Å²) in [5, 5.41) is 3.92. The minimum Gasteiger partial charge on any atom is -0.491 e. The highest BCUT2D eigenvalue weighted by Gasteiger charge is 2.47. The van der Waals surface area contributed by atoms with Crippen LogP contribution in [0, 0.1) is 6.92 Å². The first-order chi connectivity index (χ1) is 16.4. The molecule has 2 saturated heterocycles. The van der Waals surface area contributed by atoms with Gasteiger partial charge in [0.15, 0.2) is 0 Å². The number of aromatic nitrogens is 1. The third-order valence-electron chi connectivity index (χ3n) is 7.35. The van der Waals surface area contributed by atoms with Gasteiger partial charge in [0.2, 0.25) is 0 Å². The van der Waals surface area contributed by atoms with E-state index in [1.807, 2.05) is 19.1 Å². The molecular weight excluding hydrogens is 450 g/mol. The van der Waals surface area contributed by atoms with Gasteiger partial charge in [0.1, 0.15) is 27.7 Å². The lowest BCUT2D eigenvalue weighted by molar-refractivity contribution is 0.0147. The Balaban J connectivity index is 1.14. The highest BCUT2D eigenvalue weighted by molar-refractivity contribution is 7.21. The van der Waals surface area contributed by atoms with E-state index >= 15 is 0 Å². The molecule has 3 aliphatic heterocycles. The molecule has 0 bridgehead atoms. The van der Waals surface area contributed by atoms with Gasteiger partial charge >= 0.3 is 0 Å². The molecule has 5 heterocycles. The molecule has 1 amide bonds. The fourth-order valence-corrected chi connectivity index (χ4v) is 6.41. The normalized spacial score (nSPS) is 26.1. The van der Waals surface area contributed by atoms with Gasteiger partial charge in [0.05, 0.1) is 11.7 Å². The van der Waals surface area contributed by atoms with Crippen LogP contribution in [-0.2, 0) is 11.2 Å². The summed E-state index contributed by atoms with van der Waals surface area (Å²) < 4.78 is 12.1. The standard InChI is InChI=1S/C25H29N5O3S/c1-14-2-5-18-21(27)22(34-24(18)28-14)23(31)29-16-10-15-3-4-17(11-19(15)32-12-16)30-8-7-25(13-30)20(26)6-9-33-25/h2-5,11,16,20H,6-10,12-13,26-27H2,1H3,(H,29,31)/t16-,20-,25-/m1/s1. The molecule has 2 fully saturated rings. The number of carbonyl (C=O) groups excluding carboxylic acids is 1. The number of nitrogens with one attached hydrogen (secondary N) is 1. The second-order valence-electron chi connectivity index (χ2n) is 9.61. The van der Waals surface area contributed by atoms with Gasteiger partial charge in [-0.15, -0.1) is 11.3 Å². The lowest BCUT2D eigenvalue weighted by Gasteiger charge is -2.30. The Hall–Kier alpha value is -2.88. The molecular formula is C25H29N5O3S. The maximum absolute atomic E-state index is 13.0. The molecule has 178 valence electrons. The number of thiophene rings is 1. The average Bonchev–Trinajstić information content (AvgIpc) is 3.51. The second kappa shape index (κ2) is 8.11. The van der Waals surface area contributed by atoms with E-state index in [-0.39, 0.29) is 23.6 Å². The first-order valence-corrected chi connectivity index (χ1v) is 12.6. The molecule has 0 radical (unpaired) electrons. The van der Waals surface area contributed by atoms with E-state index in [4.69, 9.17) is 20.9 Å². The second-order valence-corrected chi connectivity index (χ2v) is 10.6. The number of amides is 1. The van der Waals surface area contributed by atoms with E-state index in [1.54, 1.807) is 0 Å². The Labute approximate surface area is 202 Å². The largest absolute Gasteiger partial charge is 0.491 e. The number of aryl methyl sites for hydroxylation is 1. The number of fused-ring (bicyclic) bond motifs is 2. The van der Waals surface area contributed by atoms with Crippen molar-refractivity contribution in [2.45, 2.75) is 43.9 Å². The Morgan fingerprint density at radius 1 is 1.32 bits per heavy atom. The highest BCUT2D eigenvalue weighted by atomic mass is 32.1. The third kappa shape index (κ3) is 3.59. The zero-order valence-corrected chi connectivity index (χ0v) is 20.0. The number of ether oxygens (including phenoxy) is 2. The molecule has 5 N–H and O–H groups in total. The van der Waals surface area contributed by atoms with E-state index in [1.165, 1.54) is 11.3 Å². The minimum absolute atomic E-state index is 0.102. The topological polar surface area (TPSA) is 116 Å². The van der Waals surface area contributed by atoms with Gasteiger partial charge < -0.3 is 31.2 Å². The van der Waals surface area contributed by atoms with Crippen molar-refractivity contribution < 1.29 is 14.3 Å². The van der Waals surface area contributed by atoms with Gasteiger partial charge in [-0.3, -0.25) is 4.79 Å². The van der Waals surface area contributed by atoms with Crippen LogP contribution in [0.2, 0.25) is 0 Å². The van der Waals surface area contributed by atoms with Crippen LogP contribution in [0.4, 0.5) is 11.4 Å². The van der Waals surface area contributed by atoms with Crippen molar-refractivity contribution in [2.24, 2.45) is 5.73 Å². The molecule has 3 aromatic rings. The third-order valence-corrected chi connectivity index (χ3v) is 8.47. The van der Waals surface area contributed by atoms with Crippen LogP contribution >= 0.6 is 11.3 Å². The van der Waals surface area contributed by atoms with Crippen molar-refractivity contribution in [1.82, 2.24) is 10.3 Å². The van der Waals surface area contributed by atoms with Crippen molar-refractivity contribution in [3.63, 3.8) is 0 Å².